The van der Waals surface area contributed by atoms with E-state index in [-0.39, 0.29) is 17.4 Å². The molecule has 0 saturated heterocycles. The fraction of sp³-hybridized carbons (Fsp3) is 0.400. The lowest BCUT2D eigenvalue weighted by Crippen LogP contribution is -2.36. The number of benzene rings is 1. The van der Waals surface area contributed by atoms with Gasteiger partial charge >= 0.3 is 6.36 Å². The molecule has 2 heterocycles. The highest BCUT2D eigenvalue weighted by Gasteiger charge is 2.33. The molecule has 0 aliphatic carbocycles. The van der Waals surface area contributed by atoms with Gasteiger partial charge in [0.2, 0.25) is 0 Å². The van der Waals surface area contributed by atoms with E-state index in [1.807, 2.05) is 6.92 Å². The Kier molecular flexibility index (Phi) is 5.23. The summed E-state index contributed by atoms with van der Waals surface area (Å²) in [7, 11) is 0. The maximum atomic E-state index is 13.2. The van der Waals surface area contributed by atoms with Crippen molar-refractivity contribution >= 4 is 17.4 Å². The van der Waals surface area contributed by atoms with Crippen LogP contribution in [-0.2, 0) is 12.8 Å². The highest BCUT2D eigenvalue weighted by molar-refractivity contribution is 6.09. The molecule has 0 atom stereocenters. The van der Waals surface area contributed by atoms with Crippen molar-refractivity contribution < 1.29 is 27.5 Å². The number of H-pyrrole nitrogens is 1. The quantitative estimate of drug-likeness (QED) is 0.772. The van der Waals surface area contributed by atoms with Gasteiger partial charge in [-0.1, -0.05) is 6.92 Å². The molecule has 1 aromatic carbocycles. The SMILES string of the molecule is CCc1c(C(=O)N2CCCc3cc(OC(F)(F)F)ccc32)[nH]c(C)c1C(C)=O. The van der Waals surface area contributed by atoms with Gasteiger partial charge in [-0.3, -0.25) is 9.59 Å². The predicted octanol–water partition coefficient (Wildman–Crippen LogP) is 4.58. The second kappa shape index (κ2) is 7.33. The van der Waals surface area contributed by atoms with Crippen molar-refractivity contribution in [2.45, 2.75) is 46.4 Å². The summed E-state index contributed by atoms with van der Waals surface area (Å²) >= 11 is 0. The fourth-order valence-electron chi connectivity index (χ4n) is 3.81. The van der Waals surface area contributed by atoms with Crippen molar-refractivity contribution in [1.29, 1.82) is 0 Å². The number of amides is 1. The number of halogens is 3. The van der Waals surface area contributed by atoms with Gasteiger partial charge in [0.05, 0.1) is 0 Å². The van der Waals surface area contributed by atoms with Gasteiger partial charge in [0.25, 0.3) is 5.91 Å². The first-order valence-electron chi connectivity index (χ1n) is 9.05. The number of fused-ring (bicyclic) bond motifs is 1. The maximum Gasteiger partial charge on any atom is 0.573 e. The zero-order chi connectivity index (χ0) is 20.6. The lowest BCUT2D eigenvalue weighted by atomic mass is 9.99. The Balaban J connectivity index is 1.98. The Morgan fingerprint density at radius 2 is 2.00 bits per heavy atom. The zero-order valence-corrected chi connectivity index (χ0v) is 15.9. The third kappa shape index (κ3) is 3.76. The number of alkyl halides is 3. The number of aryl methyl sites for hydroxylation is 2. The van der Waals surface area contributed by atoms with Crippen molar-refractivity contribution in [2.75, 3.05) is 11.4 Å². The summed E-state index contributed by atoms with van der Waals surface area (Å²) in [6.45, 7) is 5.53. The number of nitrogens with one attached hydrogen (secondary N) is 1. The Morgan fingerprint density at radius 1 is 1.29 bits per heavy atom. The number of hydrogen-bond donors (Lipinski definition) is 1. The van der Waals surface area contributed by atoms with E-state index < -0.39 is 6.36 Å². The Morgan fingerprint density at radius 3 is 2.61 bits per heavy atom. The summed E-state index contributed by atoms with van der Waals surface area (Å²) in [5.74, 6) is -0.708. The van der Waals surface area contributed by atoms with Crippen LogP contribution in [0.1, 0.15) is 57.9 Å². The summed E-state index contributed by atoms with van der Waals surface area (Å²) in [6, 6.07) is 4.00. The molecule has 5 nitrogen and oxygen atoms in total. The highest BCUT2D eigenvalue weighted by atomic mass is 19.4. The average molecular weight is 394 g/mol. The van der Waals surface area contributed by atoms with Crippen molar-refractivity contribution in [3.8, 4) is 5.75 Å². The predicted molar refractivity (Wildman–Crippen MR) is 98.0 cm³/mol. The molecule has 2 aromatic rings. The Bertz CT molecular complexity index is 932. The Labute approximate surface area is 160 Å². The molecule has 0 bridgehead atoms. The molecule has 0 fully saturated rings. The zero-order valence-electron chi connectivity index (χ0n) is 15.9. The molecule has 0 unspecified atom stereocenters. The first-order valence-corrected chi connectivity index (χ1v) is 9.05. The van der Waals surface area contributed by atoms with Crippen LogP contribution >= 0.6 is 0 Å². The minimum Gasteiger partial charge on any atom is -0.406 e. The van der Waals surface area contributed by atoms with Gasteiger partial charge in [-0.2, -0.15) is 0 Å². The number of carbonyl (C=O) groups excluding carboxylic acids is 2. The van der Waals surface area contributed by atoms with Crippen LogP contribution in [0.5, 0.6) is 5.75 Å². The molecule has 1 N–H and O–H groups in total. The van der Waals surface area contributed by atoms with Crippen LogP contribution in [0.15, 0.2) is 18.2 Å². The normalized spacial score (nSPS) is 14.0. The van der Waals surface area contributed by atoms with Crippen LogP contribution in [0.25, 0.3) is 0 Å². The second-order valence-corrected chi connectivity index (χ2v) is 6.79. The van der Waals surface area contributed by atoms with Crippen LogP contribution in [-0.4, -0.2) is 29.6 Å². The van der Waals surface area contributed by atoms with Gasteiger partial charge in [0.1, 0.15) is 11.4 Å². The van der Waals surface area contributed by atoms with E-state index in [2.05, 4.69) is 9.72 Å². The fourth-order valence-corrected chi connectivity index (χ4v) is 3.81. The van der Waals surface area contributed by atoms with Gasteiger partial charge in [-0.05, 0) is 62.4 Å². The van der Waals surface area contributed by atoms with E-state index in [0.29, 0.717) is 59.6 Å². The molecule has 8 heteroatoms. The molecule has 3 rings (SSSR count). The monoisotopic (exact) mass is 394 g/mol. The number of aromatic nitrogens is 1. The van der Waals surface area contributed by atoms with Gasteiger partial charge in [-0.15, -0.1) is 13.2 Å². The number of carbonyl (C=O) groups is 2. The van der Waals surface area contributed by atoms with Crippen LogP contribution in [0.3, 0.4) is 0 Å². The largest absolute Gasteiger partial charge is 0.573 e. The summed E-state index contributed by atoms with van der Waals surface area (Å²) in [6.07, 6.45) is -3.08. The number of nitrogens with zero attached hydrogens (tertiary/aromatic N) is 1. The van der Waals surface area contributed by atoms with Gasteiger partial charge in [0, 0.05) is 23.5 Å². The molecular weight excluding hydrogens is 373 g/mol. The van der Waals surface area contributed by atoms with Gasteiger partial charge in [0.15, 0.2) is 5.78 Å². The van der Waals surface area contributed by atoms with Crippen molar-refractivity contribution in [1.82, 2.24) is 4.98 Å². The van der Waals surface area contributed by atoms with Crippen LogP contribution in [0.4, 0.5) is 18.9 Å². The molecule has 0 spiro atoms. The standard InChI is InChI=1S/C20H21F3N2O3/c1-4-15-17(12(3)26)11(2)24-18(15)19(27)25-9-5-6-13-10-14(7-8-16(13)25)28-20(21,22)23/h7-8,10,24H,4-6,9H2,1-3H3. The third-order valence-electron chi connectivity index (χ3n) is 4.86. The molecule has 150 valence electrons. The number of hydrogen-bond acceptors (Lipinski definition) is 3. The minimum absolute atomic E-state index is 0.113. The smallest absolute Gasteiger partial charge is 0.406 e. The van der Waals surface area contributed by atoms with Gasteiger partial charge < -0.3 is 14.6 Å². The van der Waals surface area contributed by atoms with Crippen molar-refractivity contribution in [2.24, 2.45) is 0 Å². The van der Waals surface area contributed by atoms with Crippen molar-refractivity contribution in [3.63, 3.8) is 0 Å². The Hall–Kier alpha value is -2.77. The summed E-state index contributed by atoms with van der Waals surface area (Å²) in [4.78, 5) is 29.8. The van der Waals surface area contributed by atoms with E-state index in [1.54, 1.807) is 11.8 Å². The first-order chi connectivity index (χ1) is 13.1. The maximum absolute atomic E-state index is 13.2. The van der Waals surface area contributed by atoms with Crippen LogP contribution in [0.2, 0.25) is 0 Å². The van der Waals surface area contributed by atoms with Gasteiger partial charge in [-0.25, -0.2) is 0 Å². The van der Waals surface area contributed by atoms with E-state index in [1.165, 1.54) is 25.1 Å². The first kappa shape index (κ1) is 20.0. The van der Waals surface area contributed by atoms with Crippen LogP contribution in [0, 0.1) is 6.92 Å². The van der Waals surface area contributed by atoms with Crippen LogP contribution < -0.4 is 9.64 Å². The minimum atomic E-state index is -4.76. The lowest BCUT2D eigenvalue weighted by molar-refractivity contribution is -0.274. The summed E-state index contributed by atoms with van der Waals surface area (Å²) < 4.78 is 41.4. The molecule has 0 saturated carbocycles. The number of aromatic amines is 1. The highest BCUT2D eigenvalue weighted by Crippen LogP contribution is 2.34. The second-order valence-electron chi connectivity index (χ2n) is 6.79. The summed E-state index contributed by atoms with van der Waals surface area (Å²) in [5.41, 5.74) is 3.36. The van der Waals surface area contributed by atoms with E-state index in [0.717, 1.165) is 0 Å². The molecule has 1 aromatic heterocycles. The molecule has 1 aliphatic rings. The molecule has 0 radical (unpaired) electrons. The third-order valence-corrected chi connectivity index (χ3v) is 4.86. The number of ether oxygens (including phenoxy) is 1. The summed E-state index contributed by atoms with van der Waals surface area (Å²) in [5, 5.41) is 0. The van der Waals surface area contributed by atoms with E-state index in [4.69, 9.17) is 0 Å². The number of Topliss-reactive ketones (excluding diaryl/α,β-unsaturated/α-hetero) is 1. The topological polar surface area (TPSA) is 62.4 Å². The average Bonchev–Trinajstić information content (AvgIpc) is 2.95. The molecular formula is C20H21F3N2O3. The van der Waals surface area contributed by atoms with E-state index in [9.17, 15) is 22.8 Å². The number of anilines is 1. The van der Waals surface area contributed by atoms with E-state index >= 15 is 0 Å². The number of ketones is 1. The molecule has 1 aliphatic heterocycles. The molecule has 28 heavy (non-hydrogen) atoms. The lowest BCUT2D eigenvalue weighted by Gasteiger charge is -2.30. The molecule has 1 amide bonds. The number of rotatable bonds is 4. The van der Waals surface area contributed by atoms with Crippen molar-refractivity contribution in [3.05, 3.63) is 46.3 Å².